The van der Waals surface area contributed by atoms with Crippen LogP contribution in [-0.4, -0.2) is 59.5 Å². The first-order valence-electron chi connectivity index (χ1n) is 15.0. The molecule has 2 bridgehead atoms. The number of ether oxygens (including phenoxy) is 2. The van der Waals surface area contributed by atoms with Crippen molar-refractivity contribution in [1.82, 2.24) is 5.32 Å². The number of aryl methyl sites for hydroxylation is 1. The number of aromatic hydroxyl groups is 1. The van der Waals surface area contributed by atoms with Crippen LogP contribution in [0.1, 0.15) is 65.9 Å². The van der Waals surface area contributed by atoms with Gasteiger partial charge in [-0.3, -0.25) is 9.59 Å². The van der Waals surface area contributed by atoms with Gasteiger partial charge in [0.15, 0.2) is 0 Å². The second kappa shape index (κ2) is 18.1. The Labute approximate surface area is 255 Å². The normalized spacial score (nSPS) is 27.1. The Morgan fingerprint density at radius 3 is 2.56 bits per heavy atom. The van der Waals surface area contributed by atoms with E-state index >= 15 is 0 Å². The van der Waals surface area contributed by atoms with Crippen molar-refractivity contribution in [2.45, 2.75) is 91.1 Å². The lowest BCUT2D eigenvalue weighted by Crippen LogP contribution is -2.44. The number of aliphatic hydroxyl groups excluding tert-OH is 1. The molecule has 0 saturated carbocycles. The highest BCUT2D eigenvalue weighted by Gasteiger charge is 2.30. The number of methoxy groups -OCH3 is 1. The number of hydrogen-bond donors (Lipinski definition) is 4. The number of benzene rings is 1. The van der Waals surface area contributed by atoms with Gasteiger partial charge in [0.25, 0.3) is 0 Å². The van der Waals surface area contributed by atoms with Crippen molar-refractivity contribution >= 4 is 23.5 Å². The molecule has 236 valence electrons. The summed E-state index contributed by atoms with van der Waals surface area (Å²) in [7, 11) is 1.53. The largest absolute Gasteiger partial charge is 0.508 e. The summed E-state index contributed by atoms with van der Waals surface area (Å²) in [5.41, 5.74) is 2.04. The van der Waals surface area contributed by atoms with Crippen molar-refractivity contribution < 1.29 is 34.1 Å². The van der Waals surface area contributed by atoms with E-state index in [2.05, 4.69) is 10.6 Å². The summed E-state index contributed by atoms with van der Waals surface area (Å²) in [5, 5.41) is 27.0. The number of aliphatic hydroxyl groups is 1. The van der Waals surface area contributed by atoms with Crippen molar-refractivity contribution in [3.05, 3.63) is 71.9 Å². The SMILES string of the molecule is CC[C@H](C)C(=O)N[C@H](C)C(=O)OC1C\C=C/C=C\C=C/C(OC)CC(=O)Nc2cc(O)cc(c2)CC/C=C(/C)C(O)C1C. The van der Waals surface area contributed by atoms with E-state index < -0.39 is 36.2 Å². The monoisotopic (exact) mass is 596 g/mol. The Kier molecular flexibility index (Phi) is 14.9. The Morgan fingerprint density at radius 1 is 1.14 bits per heavy atom. The Hall–Kier alpha value is -3.69. The molecule has 0 aliphatic carbocycles. The molecule has 0 aromatic heterocycles. The lowest BCUT2D eigenvalue weighted by Gasteiger charge is -2.29. The Morgan fingerprint density at radius 2 is 1.86 bits per heavy atom. The third-order valence-electron chi connectivity index (χ3n) is 7.60. The number of fused-ring (bicyclic) bond motifs is 2. The predicted molar refractivity (Wildman–Crippen MR) is 168 cm³/mol. The zero-order chi connectivity index (χ0) is 31.9. The molecule has 0 radical (unpaired) electrons. The van der Waals surface area contributed by atoms with Crippen LogP contribution in [0.4, 0.5) is 5.69 Å². The summed E-state index contributed by atoms with van der Waals surface area (Å²) in [4.78, 5) is 37.9. The Bertz CT molecular complexity index is 1200. The Balaban J connectivity index is 2.31. The summed E-state index contributed by atoms with van der Waals surface area (Å²) in [6.07, 6.45) is 13.0. The average Bonchev–Trinajstić information content (AvgIpc) is 2.96. The van der Waals surface area contributed by atoms with Crippen LogP contribution in [0.3, 0.4) is 0 Å². The number of hydrogen-bond acceptors (Lipinski definition) is 7. The van der Waals surface area contributed by atoms with E-state index in [-0.39, 0.29) is 29.9 Å². The number of amides is 2. The van der Waals surface area contributed by atoms with E-state index in [1.807, 2.05) is 45.1 Å². The summed E-state index contributed by atoms with van der Waals surface area (Å²) < 4.78 is 11.3. The number of anilines is 1. The minimum absolute atomic E-state index is 0.0422. The maximum Gasteiger partial charge on any atom is 0.328 e. The molecule has 9 nitrogen and oxygen atoms in total. The highest BCUT2D eigenvalue weighted by Crippen LogP contribution is 2.24. The quantitative estimate of drug-likeness (QED) is 0.264. The van der Waals surface area contributed by atoms with E-state index in [0.29, 0.717) is 31.4 Å². The fraction of sp³-hybridized carbons (Fsp3) is 0.500. The summed E-state index contributed by atoms with van der Waals surface area (Å²) in [5.74, 6) is -1.63. The fourth-order valence-electron chi connectivity index (χ4n) is 4.55. The second-order valence-electron chi connectivity index (χ2n) is 11.2. The van der Waals surface area contributed by atoms with Crippen molar-refractivity contribution in [2.75, 3.05) is 12.4 Å². The molecule has 1 aromatic carbocycles. The third-order valence-corrected chi connectivity index (χ3v) is 7.60. The van der Waals surface area contributed by atoms with Gasteiger partial charge in [0, 0.05) is 37.1 Å². The zero-order valence-corrected chi connectivity index (χ0v) is 26.2. The number of carbonyl (C=O) groups is 3. The first-order valence-corrected chi connectivity index (χ1v) is 15.0. The van der Waals surface area contributed by atoms with Gasteiger partial charge < -0.3 is 30.3 Å². The van der Waals surface area contributed by atoms with Gasteiger partial charge in [-0.05, 0) is 56.4 Å². The van der Waals surface area contributed by atoms with Gasteiger partial charge in [0.05, 0.1) is 18.6 Å². The van der Waals surface area contributed by atoms with Crippen LogP contribution >= 0.6 is 0 Å². The van der Waals surface area contributed by atoms with Crippen LogP contribution in [-0.2, 0) is 30.3 Å². The minimum Gasteiger partial charge on any atom is -0.508 e. The number of phenolic OH excluding ortho intramolecular Hbond substituents is 1. The van der Waals surface area contributed by atoms with E-state index in [1.165, 1.54) is 13.2 Å². The molecule has 1 aromatic rings. The standard InChI is InChI=1S/C34H48N2O7/c1-7-22(2)33(40)35-25(5)34(41)43-30-17-12-10-8-9-11-16-29(42-6)21-31(38)36-27-18-26(19-28(37)20-27)15-13-14-23(3)32(39)24(30)4/h8-12,14,16,18-20,22,24-25,29-30,32,37,39H,7,13,15,17,21H2,1-6H3,(H,35,40)(H,36,38)/b9-8-,12-10-,16-11-,23-14-/t22-,24?,25+,29?,30?,32?/m0/s1. The molecular formula is C34H48N2O7. The van der Waals surface area contributed by atoms with Gasteiger partial charge in [-0.2, -0.15) is 0 Å². The molecule has 1 aliphatic rings. The van der Waals surface area contributed by atoms with Crippen molar-refractivity contribution in [2.24, 2.45) is 11.8 Å². The molecule has 4 N–H and O–H groups in total. The van der Waals surface area contributed by atoms with Crippen LogP contribution in [0.5, 0.6) is 5.75 Å². The lowest BCUT2D eigenvalue weighted by molar-refractivity contribution is -0.156. The maximum atomic E-state index is 13.0. The predicted octanol–water partition coefficient (Wildman–Crippen LogP) is 5.15. The van der Waals surface area contributed by atoms with Gasteiger partial charge in [-0.15, -0.1) is 0 Å². The van der Waals surface area contributed by atoms with Crippen LogP contribution in [0.25, 0.3) is 0 Å². The molecule has 43 heavy (non-hydrogen) atoms. The zero-order valence-electron chi connectivity index (χ0n) is 26.2. The topological polar surface area (TPSA) is 134 Å². The molecule has 2 rings (SSSR count). The highest BCUT2D eigenvalue weighted by molar-refractivity contribution is 5.91. The maximum absolute atomic E-state index is 13.0. The summed E-state index contributed by atoms with van der Waals surface area (Å²) in [6, 6.07) is 4.12. The number of nitrogens with one attached hydrogen (secondary N) is 2. The second-order valence-corrected chi connectivity index (χ2v) is 11.2. The molecule has 6 atom stereocenters. The third kappa shape index (κ3) is 12.2. The van der Waals surface area contributed by atoms with Gasteiger partial charge >= 0.3 is 5.97 Å². The molecule has 0 saturated heterocycles. The number of allylic oxidation sites excluding steroid dienone is 5. The van der Waals surface area contributed by atoms with E-state index in [9.17, 15) is 24.6 Å². The average molecular weight is 597 g/mol. The molecule has 1 aliphatic heterocycles. The first-order chi connectivity index (χ1) is 20.4. The smallest absolute Gasteiger partial charge is 0.328 e. The van der Waals surface area contributed by atoms with Crippen LogP contribution in [0.15, 0.2) is 66.3 Å². The van der Waals surface area contributed by atoms with Crippen LogP contribution in [0, 0.1) is 11.8 Å². The molecule has 2 amide bonds. The number of esters is 1. The molecule has 9 heteroatoms. The van der Waals surface area contributed by atoms with Gasteiger partial charge in [0.1, 0.15) is 17.9 Å². The number of rotatable bonds is 6. The van der Waals surface area contributed by atoms with Gasteiger partial charge in [-0.1, -0.05) is 63.3 Å². The van der Waals surface area contributed by atoms with Crippen LogP contribution in [0.2, 0.25) is 0 Å². The molecular weight excluding hydrogens is 548 g/mol. The van der Waals surface area contributed by atoms with Crippen molar-refractivity contribution in [3.63, 3.8) is 0 Å². The van der Waals surface area contributed by atoms with E-state index in [1.54, 1.807) is 44.2 Å². The fourth-order valence-corrected chi connectivity index (χ4v) is 4.55. The minimum atomic E-state index is -0.881. The molecule has 0 spiro atoms. The van der Waals surface area contributed by atoms with Crippen LogP contribution < -0.4 is 10.6 Å². The number of phenols is 1. The van der Waals surface area contributed by atoms with Crippen molar-refractivity contribution in [1.29, 1.82) is 0 Å². The molecule has 1 heterocycles. The lowest BCUT2D eigenvalue weighted by atomic mass is 9.90. The number of carbonyl (C=O) groups excluding carboxylic acids is 3. The van der Waals surface area contributed by atoms with Gasteiger partial charge in [-0.25, -0.2) is 4.79 Å². The first kappa shape index (κ1) is 35.5. The van der Waals surface area contributed by atoms with E-state index in [0.717, 1.165) is 11.1 Å². The summed E-state index contributed by atoms with van der Waals surface area (Å²) in [6.45, 7) is 8.96. The molecule has 4 unspecified atom stereocenters. The summed E-state index contributed by atoms with van der Waals surface area (Å²) >= 11 is 0. The molecule has 0 fully saturated rings. The van der Waals surface area contributed by atoms with Gasteiger partial charge in [0.2, 0.25) is 11.8 Å². The highest BCUT2D eigenvalue weighted by atomic mass is 16.5. The van der Waals surface area contributed by atoms with E-state index in [4.69, 9.17) is 9.47 Å². The van der Waals surface area contributed by atoms with Crippen molar-refractivity contribution in [3.8, 4) is 5.75 Å².